The van der Waals surface area contributed by atoms with Crippen molar-refractivity contribution in [3.8, 4) is 22.6 Å². The Kier molecular flexibility index (Phi) is 3.46. The van der Waals surface area contributed by atoms with E-state index < -0.39 is 0 Å². The second-order valence-corrected chi connectivity index (χ2v) is 6.41. The first-order chi connectivity index (χ1) is 11.2. The molecule has 4 aromatic rings. The van der Waals surface area contributed by atoms with Crippen molar-refractivity contribution in [1.29, 1.82) is 0 Å². The largest absolute Gasteiger partial charge is 0.338 e. The summed E-state index contributed by atoms with van der Waals surface area (Å²) in [7, 11) is 0. The lowest BCUT2D eigenvalue weighted by atomic mass is 10.1. The number of hydrogen-bond donors (Lipinski definition) is 1. The van der Waals surface area contributed by atoms with Gasteiger partial charge in [-0.15, -0.1) is 0 Å². The summed E-state index contributed by atoms with van der Waals surface area (Å²) >= 11 is 3.53. The van der Waals surface area contributed by atoms with Crippen LogP contribution in [0.1, 0.15) is 5.56 Å². The predicted molar refractivity (Wildman–Crippen MR) is 97.2 cm³/mol. The van der Waals surface area contributed by atoms with E-state index in [0.29, 0.717) is 0 Å². The molecule has 0 fully saturated rings. The molecular weight excluding hydrogens is 350 g/mol. The smallest absolute Gasteiger partial charge is 0.138 e. The van der Waals surface area contributed by atoms with Crippen molar-refractivity contribution in [1.82, 2.24) is 15.0 Å². The fourth-order valence-corrected chi connectivity index (χ4v) is 3.29. The summed E-state index contributed by atoms with van der Waals surface area (Å²) in [4.78, 5) is 12.5. The number of nitrogens with zero attached hydrogens (tertiary/aromatic N) is 2. The second kappa shape index (κ2) is 5.63. The van der Waals surface area contributed by atoms with Crippen molar-refractivity contribution in [2.24, 2.45) is 0 Å². The quantitative estimate of drug-likeness (QED) is 0.520. The van der Waals surface area contributed by atoms with Crippen LogP contribution in [0.3, 0.4) is 0 Å². The molecule has 2 aromatic heterocycles. The normalized spacial score (nSPS) is 11.0. The number of H-pyrrole nitrogens is 1. The van der Waals surface area contributed by atoms with Crippen LogP contribution in [0.25, 0.3) is 33.7 Å². The highest BCUT2D eigenvalue weighted by molar-refractivity contribution is 9.10. The molecule has 0 unspecified atom stereocenters. The monoisotopic (exact) mass is 363 g/mol. The van der Waals surface area contributed by atoms with Crippen molar-refractivity contribution in [2.75, 3.05) is 0 Å². The van der Waals surface area contributed by atoms with Crippen molar-refractivity contribution in [3.05, 3.63) is 70.8 Å². The summed E-state index contributed by atoms with van der Waals surface area (Å²) in [6.45, 7) is 2.07. The molecule has 112 valence electrons. The van der Waals surface area contributed by atoms with Crippen molar-refractivity contribution >= 4 is 27.0 Å². The number of fused-ring (bicyclic) bond motifs is 1. The Balaban J connectivity index is 1.75. The van der Waals surface area contributed by atoms with Crippen LogP contribution in [0.2, 0.25) is 0 Å². The van der Waals surface area contributed by atoms with Gasteiger partial charge in [-0.1, -0.05) is 46.3 Å². The molecule has 0 saturated carbocycles. The van der Waals surface area contributed by atoms with Gasteiger partial charge in [-0.2, -0.15) is 0 Å². The number of rotatable bonds is 2. The molecule has 0 saturated heterocycles. The van der Waals surface area contributed by atoms with Crippen LogP contribution in [0.4, 0.5) is 0 Å². The third kappa shape index (κ3) is 2.66. The maximum atomic E-state index is 4.73. The highest BCUT2D eigenvalue weighted by Gasteiger charge is 2.08. The molecule has 23 heavy (non-hydrogen) atoms. The molecule has 1 N–H and O–H groups in total. The summed E-state index contributed by atoms with van der Waals surface area (Å²) in [6.07, 6.45) is 1.81. The fourth-order valence-electron chi connectivity index (χ4n) is 2.72. The SMILES string of the molecule is Cc1cc(Br)cc2[nH]c(-c3ccc(-c4ccccn4)cc3)nc12. The van der Waals surface area contributed by atoms with Gasteiger partial charge in [0.15, 0.2) is 0 Å². The molecule has 2 heterocycles. The molecule has 4 heteroatoms. The van der Waals surface area contributed by atoms with Gasteiger partial charge in [0.05, 0.1) is 16.7 Å². The van der Waals surface area contributed by atoms with Gasteiger partial charge in [-0.3, -0.25) is 4.98 Å². The van der Waals surface area contributed by atoms with Gasteiger partial charge in [-0.05, 0) is 36.8 Å². The van der Waals surface area contributed by atoms with Crippen molar-refractivity contribution in [3.63, 3.8) is 0 Å². The number of aryl methyl sites for hydroxylation is 1. The van der Waals surface area contributed by atoms with Crippen LogP contribution in [-0.4, -0.2) is 15.0 Å². The minimum absolute atomic E-state index is 0.883. The molecule has 0 radical (unpaired) electrons. The Labute approximate surface area is 142 Å². The number of pyridine rings is 1. The molecule has 0 aliphatic heterocycles. The first kappa shape index (κ1) is 14.2. The minimum atomic E-state index is 0.883. The lowest BCUT2D eigenvalue weighted by Crippen LogP contribution is -1.84. The van der Waals surface area contributed by atoms with Gasteiger partial charge in [0.1, 0.15) is 5.82 Å². The Bertz CT molecular complexity index is 973. The van der Waals surface area contributed by atoms with Gasteiger partial charge >= 0.3 is 0 Å². The maximum Gasteiger partial charge on any atom is 0.138 e. The average molecular weight is 364 g/mol. The Morgan fingerprint density at radius 3 is 2.48 bits per heavy atom. The summed E-state index contributed by atoms with van der Waals surface area (Å²) in [5.74, 6) is 0.883. The number of benzene rings is 2. The predicted octanol–water partition coefficient (Wildman–Crippen LogP) is 5.36. The molecular formula is C19H14BrN3. The number of nitrogens with one attached hydrogen (secondary N) is 1. The highest BCUT2D eigenvalue weighted by atomic mass is 79.9. The molecule has 0 atom stereocenters. The van der Waals surface area contributed by atoms with E-state index in [1.165, 1.54) is 0 Å². The Morgan fingerprint density at radius 2 is 1.74 bits per heavy atom. The molecule has 0 aliphatic carbocycles. The highest BCUT2D eigenvalue weighted by Crippen LogP contribution is 2.27. The fraction of sp³-hybridized carbons (Fsp3) is 0.0526. The lowest BCUT2D eigenvalue weighted by Gasteiger charge is -2.01. The maximum absolute atomic E-state index is 4.73. The van der Waals surface area contributed by atoms with Gasteiger partial charge in [-0.25, -0.2) is 4.98 Å². The zero-order chi connectivity index (χ0) is 15.8. The van der Waals surface area contributed by atoms with E-state index in [9.17, 15) is 0 Å². The van der Waals surface area contributed by atoms with Gasteiger partial charge < -0.3 is 4.98 Å². The van der Waals surface area contributed by atoms with E-state index in [-0.39, 0.29) is 0 Å². The summed E-state index contributed by atoms with van der Waals surface area (Å²) in [5, 5.41) is 0. The average Bonchev–Trinajstić information content (AvgIpc) is 3.00. The Morgan fingerprint density at radius 1 is 0.957 bits per heavy atom. The van der Waals surface area contributed by atoms with Crippen LogP contribution < -0.4 is 0 Å². The van der Waals surface area contributed by atoms with Crippen LogP contribution in [0.15, 0.2) is 65.3 Å². The number of hydrogen-bond acceptors (Lipinski definition) is 2. The number of aromatic amines is 1. The van der Waals surface area contributed by atoms with Crippen molar-refractivity contribution < 1.29 is 0 Å². The molecule has 0 bridgehead atoms. The number of imidazole rings is 1. The van der Waals surface area contributed by atoms with Gasteiger partial charge in [0, 0.05) is 21.8 Å². The first-order valence-electron chi connectivity index (χ1n) is 7.38. The molecule has 3 nitrogen and oxygen atoms in total. The summed E-state index contributed by atoms with van der Waals surface area (Å²) < 4.78 is 1.06. The zero-order valence-electron chi connectivity index (χ0n) is 12.5. The third-order valence-corrected chi connectivity index (χ3v) is 4.32. The van der Waals surface area contributed by atoms with Crippen LogP contribution in [-0.2, 0) is 0 Å². The number of aromatic nitrogens is 3. The topological polar surface area (TPSA) is 41.6 Å². The van der Waals surface area contributed by atoms with E-state index in [2.05, 4.69) is 69.2 Å². The van der Waals surface area contributed by atoms with Crippen LogP contribution >= 0.6 is 15.9 Å². The lowest BCUT2D eigenvalue weighted by molar-refractivity contribution is 1.31. The molecule has 0 amide bonds. The molecule has 0 aliphatic rings. The van der Waals surface area contributed by atoms with E-state index in [1.807, 2.05) is 24.4 Å². The molecule has 4 rings (SSSR count). The van der Waals surface area contributed by atoms with E-state index in [4.69, 9.17) is 4.98 Å². The second-order valence-electron chi connectivity index (χ2n) is 5.50. The summed E-state index contributed by atoms with van der Waals surface area (Å²) in [5.41, 5.74) is 6.35. The van der Waals surface area contributed by atoms with E-state index >= 15 is 0 Å². The third-order valence-electron chi connectivity index (χ3n) is 3.86. The Hall–Kier alpha value is -2.46. The van der Waals surface area contributed by atoms with Gasteiger partial charge in [0.25, 0.3) is 0 Å². The first-order valence-corrected chi connectivity index (χ1v) is 8.18. The zero-order valence-corrected chi connectivity index (χ0v) is 14.1. The summed E-state index contributed by atoms with van der Waals surface area (Å²) in [6, 6.07) is 18.4. The van der Waals surface area contributed by atoms with Gasteiger partial charge in [0.2, 0.25) is 0 Å². The van der Waals surface area contributed by atoms with E-state index in [0.717, 1.165) is 43.7 Å². The van der Waals surface area contributed by atoms with Crippen LogP contribution in [0.5, 0.6) is 0 Å². The van der Waals surface area contributed by atoms with Crippen LogP contribution in [0, 0.1) is 6.92 Å². The van der Waals surface area contributed by atoms with E-state index in [1.54, 1.807) is 0 Å². The standard InChI is InChI=1S/C19H14BrN3/c1-12-10-15(20)11-17-18(12)23-19(22-17)14-7-5-13(6-8-14)16-4-2-3-9-21-16/h2-11H,1H3,(H,22,23). The molecule has 2 aromatic carbocycles. The number of halogens is 1. The van der Waals surface area contributed by atoms with Crippen molar-refractivity contribution in [2.45, 2.75) is 6.92 Å². The molecule has 0 spiro atoms. The minimum Gasteiger partial charge on any atom is -0.338 e.